The molecule has 0 radical (unpaired) electrons. The van der Waals surface area contributed by atoms with Gasteiger partial charge in [0.25, 0.3) is 0 Å². The number of hydrogen-bond donors (Lipinski definition) is 2. The van der Waals surface area contributed by atoms with Gasteiger partial charge in [-0.2, -0.15) is 0 Å². The van der Waals surface area contributed by atoms with Crippen LogP contribution in [0.15, 0.2) is 48.5 Å². The van der Waals surface area contributed by atoms with Gasteiger partial charge < -0.3 is 10.6 Å². The Morgan fingerprint density at radius 3 is 2.68 bits per heavy atom. The van der Waals surface area contributed by atoms with Crippen molar-refractivity contribution in [3.8, 4) is 0 Å². The molecule has 0 aliphatic rings. The summed E-state index contributed by atoms with van der Waals surface area (Å²) in [5, 5.41) is 6.24. The number of carbonyl (C=O) groups is 1. The van der Waals surface area contributed by atoms with Crippen molar-refractivity contribution in [2.75, 3.05) is 5.32 Å². The Hall–Kier alpha value is -2.00. The van der Waals surface area contributed by atoms with Crippen molar-refractivity contribution in [1.29, 1.82) is 0 Å². The second-order valence-electron chi connectivity index (χ2n) is 4.31. The molecule has 4 heteroatoms. The fourth-order valence-electron chi connectivity index (χ4n) is 1.73. The maximum atomic E-state index is 11.7. The summed E-state index contributed by atoms with van der Waals surface area (Å²) in [6, 6.07) is 14.8. The number of hydrogen-bond acceptors (Lipinski definition) is 1. The Kier molecular flexibility index (Phi) is 4.42. The van der Waals surface area contributed by atoms with Crippen LogP contribution in [0.2, 0.25) is 5.02 Å². The summed E-state index contributed by atoms with van der Waals surface area (Å²) in [5.74, 6) is 0. The summed E-state index contributed by atoms with van der Waals surface area (Å²) in [6.07, 6.45) is 0. The third-order valence-electron chi connectivity index (χ3n) is 2.62. The van der Waals surface area contributed by atoms with E-state index < -0.39 is 0 Å². The highest BCUT2D eigenvalue weighted by Gasteiger charge is 2.02. The van der Waals surface area contributed by atoms with Crippen LogP contribution >= 0.6 is 11.6 Å². The van der Waals surface area contributed by atoms with E-state index in [1.807, 2.05) is 49.4 Å². The first kappa shape index (κ1) is 13.4. The maximum Gasteiger partial charge on any atom is 0.319 e. The fourth-order valence-corrected chi connectivity index (χ4v) is 1.94. The number of halogens is 1. The summed E-state index contributed by atoms with van der Waals surface area (Å²) in [6.45, 7) is 2.42. The highest BCUT2D eigenvalue weighted by atomic mass is 35.5. The minimum Gasteiger partial charge on any atom is -0.334 e. The maximum absolute atomic E-state index is 11.7. The SMILES string of the molecule is Cc1cccc(NC(=O)NCc2cccc(Cl)c2)c1. The van der Waals surface area contributed by atoms with Crippen molar-refractivity contribution in [2.24, 2.45) is 0 Å². The van der Waals surface area contributed by atoms with E-state index in [4.69, 9.17) is 11.6 Å². The predicted octanol–water partition coefficient (Wildman–Crippen LogP) is 3.97. The van der Waals surface area contributed by atoms with E-state index in [1.165, 1.54) is 0 Å². The zero-order valence-corrected chi connectivity index (χ0v) is 11.4. The number of anilines is 1. The third kappa shape index (κ3) is 4.30. The summed E-state index contributed by atoms with van der Waals surface area (Å²) in [4.78, 5) is 11.7. The standard InChI is InChI=1S/C15H15ClN2O/c1-11-4-2-7-14(8-11)18-15(19)17-10-12-5-3-6-13(16)9-12/h2-9H,10H2,1H3,(H2,17,18,19). The van der Waals surface area contributed by atoms with Gasteiger partial charge in [0.1, 0.15) is 0 Å². The minimum absolute atomic E-state index is 0.231. The summed E-state index contributed by atoms with van der Waals surface area (Å²) in [7, 11) is 0. The second kappa shape index (κ2) is 6.25. The van der Waals surface area contributed by atoms with Crippen molar-refractivity contribution < 1.29 is 4.79 Å². The normalized spacial score (nSPS) is 10.0. The van der Waals surface area contributed by atoms with Crippen LogP contribution in [0.3, 0.4) is 0 Å². The average Bonchev–Trinajstić information content (AvgIpc) is 2.36. The van der Waals surface area contributed by atoms with Crippen molar-refractivity contribution in [2.45, 2.75) is 13.5 Å². The predicted molar refractivity (Wildman–Crippen MR) is 78.5 cm³/mol. The van der Waals surface area contributed by atoms with Gasteiger partial charge >= 0.3 is 6.03 Å². The average molecular weight is 275 g/mol. The molecule has 0 aliphatic carbocycles. The molecule has 0 unspecified atom stereocenters. The van der Waals surface area contributed by atoms with Crippen LogP contribution in [0.5, 0.6) is 0 Å². The highest BCUT2D eigenvalue weighted by Crippen LogP contribution is 2.11. The molecule has 0 aromatic heterocycles. The van der Waals surface area contributed by atoms with Crippen LogP contribution in [-0.2, 0) is 6.54 Å². The molecule has 0 saturated heterocycles. The Morgan fingerprint density at radius 1 is 1.16 bits per heavy atom. The Morgan fingerprint density at radius 2 is 1.95 bits per heavy atom. The molecule has 2 aromatic rings. The van der Waals surface area contributed by atoms with E-state index in [9.17, 15) is 4.79 Å². The van der Waals surface area contributed by atoms with Crippen LogP contribution in [-0.4, -0.2) is 6.03 Å². The van der Waals surface area contributed by atoms with Gasteiger partial charge in [-0.25, -0.2) is 4.79 Å². The van der Waals surface area contributed by atoms with Crippen molar-refractivity contribution in [3.63, 3.8) is 0 Å². The van der Waals surface area contributed by atoms with E-state index in [1.54, 1.807) is 6.07 Å². The molecule has 0 bridgehead atoms. The lowest BCUT2D eigenvalue weighted by Gasteiger charge is -2.08. The zero-order chi connectivity index (χ0) is 13.7. The third-order valence-corrected chi connectivity index (χ3v) is 2.85. The number of benzene rings is 2. The topological polar surface area (TPSA) is 41.1 Å². The summed E-state index contributed by atoms with van der Waals surface area (Å²) >= 11 is 5.88. The number of amides is 2. The first-order valence-corrected chi connectivity index (χ1v) is 6.37. The van der Waals surface area contributed by atoms with Crippen LogP contribution in [0.4, 0.5) is 10.5 Å². The van der Waals surface area contributed by atoms with Gasteiger partial charge in [0.2, 0.25) is 0 Å². The molecule has 0 fully saturated rings. The summed E-state index contributed by atoms with van der Waals surface area (Å²) < 4.78 is 0. The molecule has 98 valence electrons. The summed E-state index contributed by atoms with van der Waals surface area (Å²) in [5.41, 5.74) is 2.85. The van der Waals surface area contributed by atoms with Gasteiger partial charge in [-0.15, -0.1) is 0 Å². The van der Waals surface area contributed by atoms with E-state index in [-0.39, 0.29) is 6.03 Å². The Labute approximate surface area is 117 Å². The van der Waals surface area contributed by atoms with Crippen LogP contribution in [0.1, 0.15) is 11.1 Å². The zero-order valence-electron chi connectivity index (χ0n) is 10.6. The Balaban J connectivity index is 1.88. The molecule has 3 nitrogen and oxygen atoms in total. The number of nitrogens with one attached hydrogen (secondary N) is 2. The molecule has 2 amide bonds. The second-order valence-corrected chi connectivity index (χ2v) is 4.74. The first-order valence-electron chi connectivity index (χ1n) is 5.99. The Bertz CT molecular complexity index is 584. The smallest absolute Gasteiger partial charge is 0.319 e. The number of rotatable bonds is 3. The van der Waals surface area contributed by atoms with E-state index in [0.29, 0.717) is 11.6 Å². The van der Waals surface area contributed by atoms with Crippen molar-refractivity contribution in [1.82, 2.24) is 5.32 Å². The number of urea groups is 1. The van der Waals surface area contributed by atoms with E-state index in [0.717, 1.165) is 16.8 Å². The van der Waals surface area contributed by atoms with Gasteiger partial charge in [0.05, 0.1) is 0 Å². The van der Waals surface area contributed by atoms with E-state index in [2.05, 4.69) is 10.6 Å². The lowest BCUT2D eigenvalue weighted by molar-refractivity contribution is 0.251. The van der Waals surface area contributed by atoms with Crippen molar-refractivity contribution in [3.05, 3.63) is 64.7 Å². The molecule has 0 heterocycles. The molecule has 2 rings (SSSR count). The molecule has 0 spiro atoms. The molecule has 0 atom stereocenters. The van der Waals surface area contributed by atoms with Gasteiger partial charge in [0.15, 0.2) is 0 Å². The van der Waals surface area contributed by atoms with Gasteiger partial charge in [0, 0.05) is 17.3 Å². The molecular formula is C15H15ClN2O. The largest absolute Gasteiger partial charge is 0.334 e. The van der Waals surface area contributed by atoms with Crippen LogP contribution < -0.4 is 10.6 Å². The minimum atomic E-state index is -0.231. The van der Waals surface area contributed by atoms with Gasteiger partial charge in [-0.05, 0) is 42.3 Å². The lowest BCUT2D eigenvalue weighted by atomic mass is 10.2. The monoisotopic (exact) mass is 274 g/mol. The van der Waals surface area contributed by atoms with Gasteiger partial charge in [-0.1, -0.05) is 35.9 Å². The molecular weight excluding hydrogens is 260 g/mol. The molecule has 19 heavy (non-hydrogen) atoms. The fraction of sp³-hybridized carbons (Fsp3) is 0.133. The molecule has 0 aliphatic heterocycles. The van der Waals surface area contributed by atoms with Gasteiger partial charge in [-0.3, -0.25) is 0 Å². The first-order chi connectivity index (χ1) is 9.13. The van der Waals surface area contributed by atoms with E-state index >= 15 is 0 Å². The highest BCUT2D eigenvalue weighted by molar-refractivity contribution is 6.30. The molecule has 2 N–H and O–H groups in total. The number of aryl methyl sites for hydroxylation is 1. The quantitative estimate of drug-likeness (QED) is 0.874. The van der Waals surface area contributed by atoms with Crippen molar-refractivity contribution >= 4 is 23.3 Å². The lowest BCUT2D eigenvalue weighted by Crippen LogP contribution is -2.28. The molecule has 0 saturated carbocycles. The van der Waals surface area contributed by atoms with Crippen LogP contribution in [0, 0.1) is 6.92 Å². The van der Waals surface area contributed by atoms with Crippen LogP contribution in [0.25, 0.3) is 0 Å². The number of carbonyl (C=O) groups excluding carboxylic acids is 1. The molecule has 2 aromatic carbocycles.